The first-order valence-electron chi connectivity index (χ1n) is 15.4. The molecule has 3 aromatic carbocycles. The summed E-state index contributed by atoms with van der Waals surface area (Å²) in [5, 5.41) is 20.9. The Hall–Kier alpha value is -6.26. The predicted octanol–water partition coefficient (Wildman–Crippen LogP) is -0.349. The number of amides is 4. The fraction of sp³-hybridized carbons (Fsp3) is 0.312. The summed E-state index contributed by atoms with van der Waals surface area (Å²) in [6, 6.07) is 14.7. The molecular weight excluding hydrogens is 634 g/mol. The van der Waals surface area contributed by atoms with Gasteiger partial charge in [-0.2, -0.15) is 0 Å². The predicted molar refractivity (Wildman–Crippen MR) is 185 cm³/mol. The van der Waals surface area contributed by atoms with Crippen LogP contribution in [0.4, 0.5) is 5.69 Å². The fourth-order valence-corrected chi connectivity index (χ4v) is 4.89. The van der Waals surface area contributed by atoms with E-state index in [4.69, 9.17) is 28.7 Å². The number of carbonyl (C=O) groups is 4. The van der Waals surface area contributed by atoms with Gasteiger partial charge in [-0.25, -0.2) is 0 Å². The zero-order valence-corrected chi connectivity index (χ0v) is 26.7. The van der Waals surface area contributed by atoms with Crippen LogP contribution in [0, 0.1) is 10.1 Å². The van der Waals surface area contributed by atoms with Gasteiger partial charge in [-0.05, 0) is 54.2 Å². The van der Waals surface area contributed by atoms with E-state index in [0.29, 0.717) is 0 Å². The van der Waals surface area contributed by atoms with Crippen molar-refractivity contribution in [2.75, 3.05) is 13.1 Å². The van der Waals surface area contributed by atoms with Gasteiger partial charge in [0.1, 0.15) is 18.1 Å². The Morgan fingerprint density at radius 3 is 1.76 bits per heavy atom. The summed E-state index contributed by atoms with van der Waals surface area (Å²) in [7, 11) is 0. The molecule has 4 amide bonds. The molecule has 0 fully saturated rings. The van der Waals surface area contributed by atoms with E-state index in [1.165, 1.54) is 12.1 Å². The zero-order chi connectivity index (χ0) is 35.9. The van der Waals surface area contributed by atoms with Crippen LogP contribution < -0.4 is 44.6 Å². The number of aliphatic imine (C=N–C) groups is 2. The number of nitro benzene ring substituents is 1. The molecule has 0 aliphatic heterocycles. The van der Waals surface area contributed by atoms with Gasteiger partial charge in [0.2, 0.25) is 17.7 Å². The van der Waals surface area contributed by atoms with Gasteiger partial charge in [-0.3, -0.25) is 39.3 Å². The Labute approximate surface area is 281 Å². The SMILES string of the molecule is NC(=O)[C@H](Cc1ccc2ccccc2c1)NC(=O)[C@H](CCCN=C(N)N)NC(=O)[C@H](CCCN=C(N)N)NC(=O)c1ccc([N+](=O)[O-])cc1. The van der Waals surface area contributed by atoms with Gasteiger partial charge in [-0.1, -0.05) is 42.5 Å². The van der Waals surface area contributed by atoms with E-state index in [2.05, 4.69) is 25.9 Å². The number of rotatable bonds is 18. The molecule has 49 heavy (non-hydrogen) atoms. The number of nitrogens with two attached hydrogens (primary N) is 5. The molecule has 0 aromatic heterocycles. The van der Waals surface area contributed by atoms with Crippen LogP contribution in [0.15, 0.2) is 76.7 Å². The molecule has 3 rings (SSSR count). The molecule has 0 aliphatic carbocycles. The van der Waals surface area contributed by atoms with Crippen LogP contribution in [0.25, 0.3) is 10.8 Å². The van der Waals surface area contributed by atoms with Crippen molar-refractivity contribution in [2.45, 2.75) is 50.2 Å². The van der Waals surface area contributed by atoms with Gasteiger partial charge in [-0.15, -0.1) is 0 Å². The second-order valence-corrected chi connectivity index (χ2v) is 11.1. The number of guanidine groups is 2. The van der Waals surface area contributed by atoms with Gasteiger partial charge >= 0.3 is 0 Å². The minimum absolute atomic E-state index is 0.0623. The molecule has 17 heteroatoms. The van der Waals surface area contributed by atoms with E-state index in [9.17, 15) is 29.3 Å². The lowest BCUT2D eigenvalue weighted by Crippen LogP contribution is -2.56. The lowest BCUT2D eigenvalue weighted by Gasteiger charge is -2.25. The molecule has 0 saturated heterocycles. The van der Waals surface area contributed by atoms with E-state index in [0.717, 1.165) is 28.5 Å². The van der Waals surface area contributed by atoms with Crippen molar-refractivity contribution in [3.63, 3.8) is 0 Å². The van der Waals surface area contributed by atoms with Crippen molar-refractivity contribution in [3.05, 3.63) is 88.0 Å². The van der Waals surface area contributed by atoms with Gasteiger partial charge in [0.05, 0.1) is 4.92 Å². The second kappa shape index (κ2) is 18.2. The Morgan fingerprint density at radius 1 is 0.694 bits per heavy atom. The fourth-order valence-electron chi connectivity index (χ4n) is 4.89. The van der Waals surface area contributed by atoms with Crippen LogP contribution in [0.2, 0.25) is 0 Å². The van der Waals surface area contributed by atoms with E-state index in [1.807, 2.05) is 42.5 Å². The standard InChI is InChI=1S/C32H41N11O6/c33-27(44)26(18-19-9-10-20-5-1-2-6-22(20)17-19)42-30(47)25(8-4-16-39-32(36)37)41-29(46)24(7-3-15-38-31(34)35)40-28(45)21-11-13-23(14-12-21)43(48)49/h1-2,5-6,9-14,17,24-26H,3-4,7-8,15-16,18H2,(H2,33,44)(H,40,45)(H,41,46)(H,42,47)(H4,34,35,38)(H4,36,37,39)/t24-,25-,26-/m0/s1. The molecule has 17 nitrogen and oxygen atoms in total. The van der Waals surface area contributed by atoms with Crippen molar-refractivity contribution in [2.24, 2.45) is 38.7 Å². The highest BCUT2D eigenvalue weighted by Gasteiger charge is 2.29. The minimum atomic E-state index is -1.18. The number of carbonyl (C=O) groups excluding carboxylic acids is 4. The highest BCUT2D eigenvalue weighted by molar-refractivity contribution is 5.99. The number of hydrogen-bond acceptors (Lipinski definition) is 8. The number of fused-ring (bicyclic) bond motifs is 1. The van der Waals surface area contributed by atoms with Crippen molar-refractivity contribution in [3.8, 4) is 0 Å². The maximum atomic E-state index is 13.6. The summed E-state index contributed by atoms with van der Waals surface area (Å²) in [5.74, 6) is -3.17. The molecule has 13 N–H and O–H groups in total. The molecule has 0 saturated carbocycles. The molecule has 3 aromatic rings. The van der Waals surface area contributed by atoms with Crippen molar-refractivity contribution in [1.29, 1.82) is 0 Å². The summed E-state index contributed by atoms with van der Waals surface area (Å²) >= 11 is 0. The highest BCUT2D eigenvalue weighted by Crippen LogP contribution is 2.17. The highest BCUT2D eigenvalue weighted by atomic mass is 16.6. The summed E-state index contributed by atoms with van der Waals surface area (Å²) in [6.45, 7) is 0.300. The molecule has 0 unspecified atom stereocenters. The van der Waals surface area contributed by atoms with E-state index in [1.54, 1.807) is 0 Å². The molecule has 0 spiro atoms. The average Bonchev–Trinajstić information content (AvgIpc) is 3.06. The first kappa shape index (κ1) is 37.2. The summed E-state index contributed by atoms with van der Waals surface area (Å²) in [5.41, 5.74) is 27.9. The second-order valence-electron chi connectivity index (χ2n) is 11.1. The smallest absolute Gasteiger partial charge is 0.269 e. The van der Waals surface area contributed by atoms with E-state index < -0.39 is 46.7 Å². The van der Waals surface area contributed by atoms with Crippen LogP contribution in [0.5, 0.6) is 0 Å². The third-order valence-electron chi connectivity index (χ3n) is 7.40. The number of primary amides is 1. The summed E-state index contributed by atoms with van der Waals surface area (Å²) < 4.78 is 0. The quantitative estimate of drug-likeness (QED) is 0.0285. The number of non-ortho nitro benzene ring substituents is 1. The maximum Gasteiger partial charge on any atom is 0.269 e. The number of benzene rings is 3. The van der Waals surface area contributed by atoms with Gasteiger partial charge in [0.25, 0.3) is 11.6 Å². The third-order valence-corrected chi connectivity index (χ3v) is 7.40. The molecule has 0 radical (unpaired) electrons. The topological polar surface area (TPSA) is 302 Å². The normalized spacial score (nSPS) is 12.5. The van der Waals surface area contributed by atoms with Crippen LogP contribution in [0.3, 0.4) is 0 Å². The Morgan fingerprint density at radius 2 is 1.22 bits per heavy atom. The summed E-state index contributed by atoms with van der Waals surface area (Å²) in [6.07, 6.45) is 0.765. The molecule has 260 valence electrons. The average molecular weight is 676 g/mol. The van der Waals surface area contributed by atoms with E-state index >= 15 is 0 Å². The maximum absolute atomic E-state index is 13.6. The molecule has 3 atom stereocenters. The molecule has 0 bridgehead atoms. The van der Waals surface area contributed by atoms with Crippen molar-refractivity contribution in [1.82, 2.24) is 16.0 Å². The van der Waals surface area contributed by atoms with Gasteiger partial charge in [0.15, 0.2) is 11.9 Å². The van der Waals surface area contributed by atoms with Crippen LogP contribution in [-0.2, 0) is 20.8 Å². The van der Waals surface area contributed by atoms with E-state index in [-0.39, 0.29) is 68.4 Å². The molecule has 0 heterocycles. The van der Waals surface area contributed by atoms with Crippen LogP contribution in [0.1, 0.15) is 41.6 Å². The Balaban J connectivity index is 1.80. The van der Waals surface area contributed by atoms with Crippen molar-refractivity contribution < 1.29 is 24.1 Å². The van der Waals surface area contributed by atoms with Crippen molar-refractivity contribution >= 4 is 52.0 Å². The lowest BCUT2D eigenvalue weighted by atomic mass is 10.0. The summed E-state index contributed by atoms with van der Waals surface area (Å²) in [4.78, 5) is 71.0. The first-order valence-corrected chi connectivity index (χ1v) is 15.4. The zero-order valence-electron chi connectivity index (χ0n) is 26.7. The van der Waals surface area contributed by atoms with Crippen LogP contribution >= 0.6 is 0 Å². The Kier molecular flexibility index (Phi) is 13.8. The third kappa shape index (κ3) is 12.1. The molecule has 0 aliphatic rings. The first-order chi connectivity index (χ1) is 23.3. The number of nitro groups is 1. The number of hydrogen-bond donors (Lipinski definition) is 8. The number of nitrogens with one attached hydrogen (secondary N) is 3. The Bertz CT molecular complexity index is 1700. The minimum Gasteiger partial charge on any atom is -0.370 e. The van der Waals surface area contributed by atoms with Crippen LogP contribution in [-0.4, -0.2) is 71.7 Å². The largest absolute Gasteiger partial charge is 0.370 e. The van der Waals surface area contributed by atoms with Gasteiger partial charge < -0.3 is 44.6 Å². The number of nitrogens with zero attached hydrogens (tertiary/aromatic N) is 3. The lowest BCUT2D eigenvalue weighted by molar-refractivity contribution is -0.384. The monoisotopic (exact) mass is 675 g/mol. The molecular formula is C32H41N11O6. The van der Waals surface area contributed by atoms with Gasteiger partial charge in [0, 0.05) is 37.2 Å².